The summed E-state index contributed by atoms with van der Waals surface area (Å²) in [7, 11) is 0. The maximum Gasteiger partial charge on any atom is 0.0496 e. The summed E-state index contributed by atoms with van der Waals surface area (Å²) >= 11 is 0. The van der Waals surface area contributed by atoms with E-state index in [1.165, 1.54) is 0 Å². The zero-order chi connectivity index (χ0) is 12.7. The summed E-state index contributed by atoms with van der Waals surface area (Å²) in [6, 6.07) is 21.4. The van der Waals surface area contributed by atoms with Crippen molar-refractivity contribution in [2.45, 2.75) is 0 Å². The van der Waals surface area contributed by atoms with Gasteiger partial charge in [0.2, 0.25) is 0 Å². The zero-order valence-corrected chi connectivity index (χ0v) is 10.0. The van der Waals surface area contributed by atoms with Crippen molar-refractivity contribution in [1.82, 2.24) is 15.2 Å². The minimum absolute atomic E-state index is 0. The molecule has 0 amide bonds. The Morgan fingerprint density at radius 2 is 0.684 bits per heavy atom. The van der Waals surface area contributed by atoms with Gasteiger partial charge >= 0.3 is 51.4 Å². The van der Waals surface area contributed by atoms with Crippen LogP contribution in [-0.2, 0) is 0 Å². The summed E-state index contributed by atoms with van der Waals surface area (Å²) in [5.74, 6) is 0. The Kier molecular flexibility index (Phi) is 14.4. The molecule has 3 nitrogen and oxygen atoms in total. The second-order valence-corrected chi connectivity index (χ2v) is 3.09. The van der Waals surface area contributed by atoms with E-state index in [1.54, 1.807) is 24.8 Å². The molecule has 0 aliphatic heterocycles. The first-order chi connectivity index (χ1) is 9.00. The minimum Gasteiger partial charge on any atom is -0.265 e. The molecule has 0 aliphatic carbocycles. The Bertz CT molecular complexity index is 308. The molecule has 1 aromatic carbocycles. The van der Waals surface area contributed by atoms with Crippen LogP contribution in [0.4, 0.5) is 0 Å². The van der Waals surface area contributed by atoms with E-state index < -0.39 is 0 Å². The smallest absolute Gasteiger partial charge is 0.0496 e. The average Bonchev–Trinajstić information content (AvgIpc) is 2.54. The Labute approximate surface area is 156 Å². The van der Waals surface area contributed by atoms with Crippen molar-refractivity contribution in [2.75, 3.05) is 0 Å². The van der Waals surface area contributed by atoms with Gasteiger partial charge in [0.15, 0.2) is 0 Å². The molecule has 2 heterocycles. The summed E-state index contributed by atoms with van der Waals surface area (Å²) in [4.78, 5) is 3.78. The van der Waals surface area contributed by atoms with Crippen LogP contribution in [0.2, 0.25) is 0 Å². The fourth-order valence-corrected chi connectivity index (χ4v) is 0.951. The van der Waals surface area contributed by atoms with Crippen LogP contribution in [0.3, 0.4) is 0 Å². The van der Waals surface area contributed by atoms with Crippen LogP contribution in [0.25, 0.3) is 0 Å². The Morgan fingerprint density at radius 1 is 0.368 bits per heavy atom. The van der Waals surface area contributed by atoms with Gasteiger partial charge in [-0.05, 0) is 24.3 Å². The number of hydrogen-bond donors (Lipinski definition) is 0. The normalized spacial score (nSPS) is 7.58. The van der Waals surface area contributed by atoms with Crippen LogP contribution in [0.1, 0.15) is 0 Å². The van der Waals surface area contributed by atoms with Gasteiger partial charge in [-0.25, -0.2) is 0 Å². The van der Waals surface area contributed by atoms with Gasteiger partial charge in [-0.2, -0.15) is 10.2 Å². The molecule has 0 unspecified atom stereocenters. The van der Waals surface area contributed by atoms with Crippen molar-refractivity contribution in [3.8, 4) is 0 Å². The van der Waals surface area contributed by atoms with Crippen LogP contribution >= 0.6 is 0 Å². The first-order valence-electron chi connectivity index (χ1n) is 5.57. The van der Waals surface area contributed by atoms with Crippen LogP contribution in [-0.4, -0.2) is 66.6 Å². The number of aromatic nitrogens is 3. The van der Waals surface area contributed by atoms with Crippen molar-refractivity contribution in [1.29, 1.82) is 0 Å². The molecule has 3 aromatic rings. The summed E-state index contributed by atoms with van der Waals surface area (Å²) in [6.07, 6.45) is 6.78. The van der Waals surface area contributed by atoms with Crippen LogP contribution in [0, 0.1) is 0 Å². The third-order valence-electron chi connectivity index (χ3n) is 1.72. The second-order valence-electron chi connectivity index (χ2n) is 3.09. The van der Waals surface area contributed by atoms with E-state index in [-0.39, 0.29) is 51.4 Å². The standard InChI is InChI=1S/C6H6.C5H5N.C4H4N2.K.H/c3*1-2-4-6-5-3-1;;/h1-6H;1-5H;1-4H;;. The minimum atomic E-state index is 0. The van der Waals surface area contributed by atoms with Crippen molar-refractivity contribution in [2.24, 2.45) is 0 Å². The molecule has 2 aromatic heterocycles. The number of rotatable bonds is 0. The molecule has 0 saturated heterocycles. The topological polar surface area (TPSA) is 38.7 Å². The fraction of sp³-hybridized carbons (Fsp3) is 0. The molecule has 0 aliphatic rings. The predicted molar refractivity (Wildman–Crippen MR) is 79.9 cm³/mol. The summed E-state index contributed by atoms with van der Waals surface area (Å²) in [6.45, 7) is 0. The number of pyridine rings is 1. The third kappa shape index (κ3) is 13.3. The summed E-state index contributed by atoms with van der Waals surface area (Å²) in [5.41, 5.74) is 0. The van der Waals surface area contributed by atoms with E-state index >= 15 is 0 Å². The third-order valence-corrected chi connectivity index (χ3v) is 1.72. The van der Waals surface area contributed by atoms with Gasteiger partial charge in [0.25, 0.3) is 0 Å². The van der Waals surface area contributed by atoms with Crippen molar-refractivity contribution < 1.29 is 0 Å². The fourth-order valence-electron chi connectivity index (χ4n) is 0.951. The molecule has 92 valence electrons. The van der Waals surface area contributed by atoms with Crippen LogP contribution in [0.5, 0.6) is 0 Å². The second kappa shape index (κ2) is 15.1. The molecule has 0 atom stereocenters. The van der Waals surface area contributed by atoms with E-state index in [0.717, 1.165) is 0 Å². The Balaban J connectivity index is 0.000000249. The molecule has 0 radical (unpaired) electrons. The van der Waals surface area contributed by atoms with Gasteiger partial charge in [-0.3, -0.25) is 4.98 Å². The Hall–Kier alpha value is -0.914. The van der Waals surface area contributed by atoms with E-state index in [9.17, 15) is 0 Å². The molecule has 19 heavy (non-hydrogen) atoms. The average molecular weight is 277 g/mol. The quantitative estimate of drug-likeness (QED) is 0.593. The summed E-state index contributed by atoms with van der Waals surface area (Å²) in [5, 5.41) is 7.07. The van der Waals surface area contributed by atoms with Gasteiger partial charge in [-0.15, -0.1) is 0 Å². The van der Waals surface area contributed by atoms with E-state index in [4.69, 9.17) is 0 Å². The van der Waals surface area contributed by atoms with Gasteiger partial charge < -0.3 is 0 Å². The van der Waals surface area contributed by atoms with E-state index in [1.807, 2.05) is 66.7 Å². The maximum absolute atomic E-state index is 3.78. The van der Waals surface area contributed by atoms with Gasteiger partial charge in [0, 0.05) is 24.8 Å². The molecule has 0 saturated carbocycles. The molecular weight excluding hydrogens is 261 g/mol. The molecule has 3 rings (SSSR count). The van der Waals surface area contributed by atoms with Gasteiger partial charge in [-0.1, -0.05) is 42.5 Å². The van der Waals surface area contributed by atoms with Crippen LogP contribution in [0.15, 0.2) is 91.5 Å². The van der Waals surface area contributed by atoms with E-state index in [0.29, 0.717) is 0 Å². The van der Waals surface area contributed by atoms with Crippen LogP contribution < -0.4 is 0 Å². The molecule has 0 N–H and O–H groups in total. The van der Waals surface area contributed by atoms with Gasteiger partial charge in [0.1, 0.15) is 0 Å². The van der Waals surface area contributed by atoms with Gasteiger partial charge in [0.05, 0.1) is 0 Å². The summed E-state index contributed by atoms with van der Waals surface area (Å²) < 4.78 is 0. The predicted octanol–water partition coefficient (Wildman–Crippen LogP) is 2.60. The number of nitrogens with zero attached hydrogens (tertiary/aromatic N) is 3. The molecular formula is C15H16KN3. The number of benzene rings is 1. The first-order valence-corrected chi connectivity index (χ1v) is 5.57. The van der Waals surface area contributed by atoms with Crippen molar-refractivity contribution >= 4 is 51.4 Å². The molecule has 0 bridgehead atoms. The first kappa shape index (κ1) is 18.1. The molecule has 4 heteroatoms. The molecule has 0 fully saturated rings. The number of hydrogen-bond acceptors (Lipinski definition) is 3. The zero-order valence-electron chi connectivity index (χ0n) is 10.0. The van der Waals surface area contributed by atoms with E-state index in [2.05, 4.69) is 15.2 Å². The largest absolute Gasteiger partial charge is 0.265 e. The monoisotopic (exact) mass is 277 g/mol. The van der Waals surface area contributed by atoms with Crippen molar-refractivity contribution in [3.63, 3.8) is 0 Å². The van der Waals surface area contributed by atoms with Crippen molar-refractivity contribution in [3.05, 3.63) is 91.5 Å². The SMILES string of the molecule is [KH].c1ccccc1.c1ccncc1.c1ccnnc1. The maximum atomic E-state index is 3.78. The Morgan fingerprint density at radius 3 is 0.842 bits per heavy atom. The molecule has 0 spiro atoms.